The Kier molecular flexibility index (Phi) is 6.01. The van der Waals surface area contributed by atoms with Crippen LogP contribution in [0.1, 0.15) is 31.7 Å². The minimum Gasteiger partial charge on any atom is -0.392 e. The molecular formula is C24H34N4O3. The fourth-order valence-electron chi connectivity index (χ4n) is 5.54. The highest BCUT2D eigenvalue weighted by atomic mass is 16.5. The third kappa shape index (κ3) is 4.51. The number of para-hydroxylation sites is 1. The largest absolute Gasteiger partial charge is 0.392 e. The van der Waals surface area contributed by atoms with E-state index in [1.165, 1.54) is 10.9 Å². The summed E-state index contributed by atoms with van der Waals surface area (Å²) in [6.45, 7) is 7.67. The van der Waals surface area contributed by atoms with E-state index in [0.29, 0.717) is 25.2 Å². The van der Waals surface area contributed by atoms with Gasteiger partial charge in [0.2, 0.25) is 5.91 Å². The number of rotatable bonds is 6. The average Bonchev–Trinajstić information content (AvgIpc) is 3.47. The molecule has 3 saturated heterocycles. The number of carbonyl (C=O) groups is 1. The number of hydrogen-bond donors (Lipinski definition) is 2. The van der Waals surface area contributed by atoms with Crippen molar-refractivity contribution in [3.05, 3.63) is 36.0 Å². The predicted octanol–water partition coefficient (Wildman–Crippen LogP) is 1.58. The summed E-state index contributed by atoms with van der Waals surface area (Å²) in [5.74, 6) is 0.0322. The molecule has 3 aliphatic heterocycles. The first-order valence-corrected chi connectivity index (χ1v) is 11.7. The van der Waals surface area contributed by atoms with Gasteiger partial charge in [-0.15, -0.1) is 0 Å². The second-order valence-electron chi connectivity index (χ2n) is 9.51. The molecule has 0 saturated carbocycles. The molecule has 0 spiro atoms. The minimum absolute atomic E-state index is 0.0322. The van der Waals surface area contributed by atoms with Gasteiger partial charge in [0.1, 0.15) is 6.54 Å². The van der Waals surface area contributed by atoms with Crippen molar-refractivity contribution < 1.29 is 14.6 Å². The van der Waals surface area contributed by atoms with Crippen LogP contribution in [0.2, 0.25) is 0 Å². The van der Waals surface area contributed by atoms with Crippen LogP contribution in [0.4, 0.5) is 0 Å². The van der Waals surface area contributed by atoms with Crippen LogP contribution in [-0.2, 0) is 22.6 Å². The maximum atomic E-state index is 12.6. The van der Waals surface area contributed by atoms with Crippen molar-refractivity contribution in [1.82, 2.24) is 19.7 Å². The summed E-state index contributed by atoms with van der Waals surface area (Å²) in [6, 6.07) is 9.25. The Hall–Kier alpha value is -1.93. The lowest BCUT2D eigenvalue weighted by Crippen LogP contribution is -2.54. The summed E-state index contributed by atoms with van der Waals surface area (Å²) in [6.07, 6.45) is 5.11. The van der Waals surface area contributed by atoms with Crippen LogP contribution >= 0.6 is 0 Å². The molecule has 4 heterocycles. The topological polar surface area (TPSA) is 70.0 Å². The number of aliphatic hydroxyl groups is 1. The van der Waals surface area contributed by atoms with Crippen molar-refractivity contribution in [3.63, 3.8) is 0 Å². The zero-order chi connectivity index (χ0) is 21.4. The number of ether oxygens (including phenoxy) is 1. The number of carbonyl (C=O) groups excluding carboxylic acids is 1. The van der Waals surface area contributed by atoms with Gasteiger partial charge in [-0.3, -0.25) is 14.6 Å². The Balaban J connectivity index is 1.28. The van der Waals surface area contributed by atoms with Crippen LogP contribution in [0.3, 0.4) is 0 Å². The molecule has 4 atom stereocenters. The van der Waals surface area contributed by atoms with E-state index < -0.39 is 0 Å². The molecule has 3 fully saturated rings. The third-order valence-electron chi connectivity index (χ3n) is 7.18. The molecular weight excluding hydrogens is 392 g/mol. The van der Waals surface area contributed by atoms with Crippen molar-refractivity contribution in [3.8, 4) is 0 Å². The monoisotopic (exact) mass is 426 g/mol. The summed E-state index contributed by atoms with van der Waals surface area (Å²) in [5, 5.41) is 14.3. The van der Waals surface area contributed by atoms with Gasteiger partial charge in [0.15, 0.2) is 0 Å². The first-order chi connectivity index (χ1) is 15.1. The lowest BCUT2D eigenvalue weighted by molar-refractivity contribution is -0.122. The van der Waals surface area contributed by atoms with Crippen molar-refractivity contribution in [1.29, 1.82) is 0 Å². The summed E-state index contributed by atoms with van der Waals surface area (Å²) < 4.78 is 7.69. The maximum absolute atomic E-state index is 12.6. The summed E-state index contributed by atoms with van der Waals surface area (Å²) in [5.41, 5.74) is 2.37. The molecule has 3 aliphatic rings. The van der Waals surface area contributed by atoms with E-state index in [9.17, 15) is 9.90 Å². The van der Waals surface area contributed by atoms with Crippen LogP contribution in [0.5, 0.6) is 0 Å². The molecule has 1 amide bonds. The van der Waals surface area contributed by atoms with Gasteiger partial charge in [0.25, 0.3) is 0 Å². The first kappa shape index (κ1) is 20.9. The number of aliphatic hydroxyl groups excluding tert-OH is 1. The van der Waals surface area contributed by atoms with E-state index in [1.807, 2.05) is 6.07 Å². The highest BCUT2D eigenvalue weighted by Crippen LogP contribution is 2.28. The molecule has 7 heteroatoms. The van der Waals surface area contributed by atoms with E-state index in [-0.39, 0.29) is 18.1 Å². The van der Waals surface area contributed by atoms with E-state index >= 15 is 0 Å². The summed E-state index contributed by atoms with van der Waals surface area (Å²) >= 11 is 0. The molecule has 0 unspecified atom stereocenters. The van der Waals surface area contributed by atoms with Crippen LogP contribution in [0.15, 0.2) is 30.5 Å². The number of nitrogens with one attached hydrogen (secondary N) is 1. The SMILES string of the molecule is C[C@H]1CN2C[C@H](O)C[C@H]2CN1Cc1cn(CC(=O)NC[C@@H]2CCCO2)c2ccccc12. The van der Waals surface area contributed by atoms with Gasteiger partial charge in [0.05, 0.1) is 12.2 Å². The number of piperazine rings is 1. The zero-order valence-corrected chi connectivity index (χ0v) is 18.4. The van der Waals surface area contributed by atoms with Crippen LogP contribution in [-0.4, -0.2) is 82.5 Å². The van der Waals surface area contributed by atoms with Gasteiger partial charge in [-0.05, 0) is 37.8 Å². The Bertz CT molecular complexity index is 923. The normalized spacial score (nSPS) is 29.5. The molecule has 1 aromatic heterocycles. The van der Waals surface area contributed by atoms with Crippen LogP contribution < -0.4 is 5.32 Å². The van der Waals surface area contributed by atoms with Crippen molar-refractivity contribution in [2.45, 2.75) is 63.6 Å². The van der Waals surface area contributed by atoms with E-state index in [1.54, 1.807) is 0 Å². The maximum Gasteiger partial charge on any atom is 0.240 e. The Morgan fingerprint density at radius 1 is 1.26 bits per heavy atom. The highest BCUT2D eigenvalue weighted by molar-refractivity contribution is 5.86. The summed E-state index contributed by atoms with van der Waals surface area (Å²) in [4.78, 5) is 17.6. The lowest BCUT2D eigenvalue weighted by Gasteiger charge is -2.42. The predicted molar refractivity (Wildman–Crippen MR) is 120 cm³/mol. The molecule has 0 aliphatic carbocycles. The second-order valence-corrected chi connectivity index (χ2v) is 9.51. The van der Waals surface area contributed by atoms with Crippen LogP contribution in [0, 0.1) is 0 Å². The number of amides is 1. The standard InChI is InChI=1S/C24H34N4O3/c1-17-11-27-15-20(29)9-19(27)14-26(17)12-18-13-28(23-7-3-2-6-22(18)23)16-24(30)25-10-21-5-4-8-31-21/h2-3,6-7,13,17,19-21,29H,4-5,8-12,14-16H2,1H3,(H,25,30)/t17-,19-,20+,21-/m0/s1. The molecule has 1 aromatic carbocycles. The molecule has 5 rings (SSSR count). The van der Waals surface area contributed by atoms with Crippen molar-refractivity contribution >= 4 is 16.8 Å². The molecule has 2 N–H and O–H groups in total. The number of benzene rings is 1. The fraction of sp³-hybridized carbons (Fsp3) is 0.625. The number of fused-ring (bicyclic) bond motifs is 2. The van der Waals surface area contributed by atoms with Gasteiger partial charge < -0.3 is 19.7 Å². The van der Waals surface area contributed by atoms with E-state index in [0.717, 1.165) is 57.6 Å². The van der Waals surface area contributed by atoms with Crippen LogP contribution in [0.25, 0.3) is 10.9 Å². The van der Waals surface area contributed by atoms with Gasteiger partial charge in [-0.1, -0.05) is 18.2 Å². The number of hydrogen-bond acceptors (Lipinski definition) is 5. The van der Waals surface area contributed by atoms with Crippen molar-refractivity contribution in [2.24, 2.45) is 0 Å². The summed E-state index contributed by atoms with van der Waals surface area (Å²) in [7, 11) is 0. The average molecular weight is 427 g/mol. The lowest BCUT2D eigenvalue weighted by atomic mass is 10.1. The van der Waals surface area contributed by atoms with E-state index in [2.05, 4.69) is 51.0 Å². The highest BCUT2D eigenvalue weighted by Gasteiger charge is 2.38. The zero-order valence-electron chi connectivity index (χ0n) is 18.4. The van der Waals surface area contributed by atoms with Gasteiger partial charge >= 0.3 is 0 Å². The fourth-order valence-corrected chi connectivity index (χ4v) is 5.54. The van der Waals surface area contributed by atoms with Gasteiger partial charge in [-0.2, -0.15) is 0 Å². The molecule has 168 valence electrons. The van der Waals surface area contributed by atoms with Crippen molar-refractivity contribution in [2.75, 3.05) is 32.8 Å². The quantitative estimate of drug-likeness (QED) is 0.734. The number of nitrogens with zero attached hydrogens (tertiary/aromatic N) is 3. The minimum atomic E-state index is -0.188. The molecule has 7 nitrogen and oxygen atoms in total. The van der Waals surface area contributed by atoms with Gasteiger partial charge in [0, 0.05) is 68.5 Å². The molecule has 2 aromatic rings. The van der Waals surface area contributed by atoms with Gasteiger partial charge in [-0.25, -0.2) is 0 Å². The second kappa shape index (κ2) is 8.90. The molecule has 0 bridgehead atoms. The smallest absolute Gasteiger partial charge is 0.240 e. The first-order valence-electron chi connectivity index (χ1n) is 11.7. The number of aromatic nitrogens is 1. The Morgan fingerprint density at radius 3 is 2.97 bits per heavy atom. The Labute approximate surface area is 183 Å². The molecule has 31 heavy (non-hydrogen) atoms. The Morgan fingerprint density at radius 2 is 2.13 bits per heavy atom. The third-order valence-corrected chi connectivity index (χ3v) is 7.18. The van der Waals surface area contributed by atoms with E-state index in [4.69, 9.17) is 4.74 Å². The molecule has 0 radical (unpaired) electrons.